The van der Waals surface area contributed by atoms with Crippen LogP contribution in [0.2, 0.25) is 0 Å². The van der Waals surface area contributed by atoms with Crippen LogP contribution >= 0.6 is 11.8 Å². The number of amides is 1. The van der Waals surface area contributed by atoms with Crippen molar-refractivity contribution in [3.05, 3.63) is 54.2 Å². The number of nitrogens with zero attached hydrogens (tertiary/aromatic N) is 2. The number of pyridine rings is 1. The van der Waals surface area contributed by atoms with Crippen LogP contribution < -0.4 is 5.32 Å². The summed E-state index contributed by atoms with van der Waals surface area (Å²) < 4.78 is 32.0. The predicted molar refractivity (Wildman–Crippen MR) is 121 cm³/mol. The third-order valence-corrected chi connectivity index (χ3v) is 8.01. The maximum atomic E-state index is 12.8. The number of rotatable bonds is 9. The molecule has 2 atom stereocenters. The van der Waals surface area contributed by atoms with Crippen molar-refractivity contribution in [3.8, 4) is 0 Å². The van der Waals surface area contributed by atoms with Gasteiger partial charge in [-0.05, 0) is 31.0 Å². The molecular formula is C22H29N3O4S2. The molecule has 0 spiro atoms. The molecule has 9 heteroatoms. The molecule has 1 fully saturated rings. The number of carbonyl (C=O) groups is 1. The average molecular weight is 464 g/mol. The second-order valence-electron chi connectivity index (χ2n) is 7.37. The zero-order valence-electron chi connectivity index (χ0n) is 17.9. The molecule has 1 N–H and O–H groups in total. The van der Waals surface area contributed by atoms with Gasteiger partial charge in [0.05, 0.1) is 29.5 Å². The van der Waals surface area contributed by atoms with Crippen LogP contribution in [-0.4, -0.2) is 55.2 Å². The van der Waals surface area contributed by atoms with Crippen molar-refractivity contribution in [3.63, 3.8) is 0 Å². The molecule has 1 aliphatic rings. The molecule has 2 heterocycles. The van der Waals surface area contributed by atoms with Crippen molar-refractivity contribution in [2.24, 2.45) is 0 Å². The molecule has 0 bridgehead atoms. The summed E-state index contributed by atoms with van der Waals surface area (Å²) in [4.78, 5) is 17.2. The third kappa shape index (κ3) is 6.29. The van der Waals surface area contributed by atoms with Crippen molar-refractivity contribution >= 4 is 27.7 Å². The lowest BCUT2D eigenvalue weighted by Gasteiger charge is -2.25. The summed E-state index contributed by atoms with van der Waals surface area (Å²) in [6.07, 6.45) is 3.18. The van der Waals surface area contributed by atoms with Crippen LogP contribution in [0, 0.1) is 0 Å². The number of hydrogen-bond donors (Lipinski definition) is 1. The first kappa shape index (κ1) is 23.7. The zero-order chi connectivity index (χ0) is 22.3. The Balaban J connectivity index is 1.62. The van der Waals surface area contributed by atoms with Gasteiger partial charge in [-0.25, -0.2) is 13.4 Å². The molecule has 3 rings (SSSR count). The molecule has 1 aromatic heterocycles. The number of hydrogen-bond acceptors (Lipinski definition) is 6. The Hall–Kier alpha value is -1.94. The Kier molecular flexibility index (Phi) is 8.48. The third-order valence-electron chi connectivity index (χ3n) is 5.08. The summed E-state index contributed by atoms with van der Waals surface area (Å²) in [5.41, 5.74) is 1.09. The topological polar surface area (TPSA) is 88.6 Å². The highest BCUT2D eigenvalue weighted by atomic mass is 32.2. The van der Waals surface area contributed by atoms with Crippen LogP contribution in [0.1, 0.15) is 38.3 Å². The van der Waals surface area contributed by atoms with Crippen LogP contribution in [0.5, 0.6) is 0 Å². The summed E-state index contributed by atoms with van der Waals surface area (Å²) in [6.45, 7) is 5.40. The highest BCUT2D eigenvalue weighted by Gasteiger charge is 2.27. The number of sulfonamides is 1. The Morgan fingerprint density at radius 1 is 1.19 bits per heavy atom. The second kappa shape index (κ2) is 11.1. The smallest absolute Gasteiger partial charge is 0.244 e. The van der Waals surface area contributed by atoms with Crippen LogP contribution in [0.4, 0.5) is 0 Å². The number of nitrogens with one attached hydrogen (secondary N) is 1. The first-order chi connectivity index (χ1) is 14.9. The summed E-state index contributed by atoms with van der Waals surface area (Å²) in [6, 6.07) is 13.1. The normalized spacial score (nSPS) is 17.1. The molecule has 2 aromatic rings. The number of benzene rings is 1. The van der Waals surface area contributed by atoms with Crippen molar-refractivity contribution in [2.75, 3.05) is 26.3 Å². The minimum atomic E-state index is -3.57. The van der Waals surface area contributed by atoms with Gasteiger partial charge >= 0.3 is 0 Å². The molecule has 7 nitrogen and oxygen atoms in total. The quantitative estimate of drug-likeness (QED) is 0.575. The minimum Gasteiger partial charge on any atom is -0.379 e. The fourth-order valence-corrected chi connectivity index (χ4v) is 5.50. The van der Waals surface area contributed by atoms with Gasteiger partial charge in [-0.3, -0.25) is 4.79 Å². The summed E-state index contributed by atoms with van der Waals surface area (Å²) in [5, 5.41) is 3.37. The van der Waals surface area contributed by atoms with E-state index in [4.69, 9.17) is 4.74 Å². The molecule has 0 aliphatic carbocycles. The van der Waals surface area contributed by atoms with Gasteiger partial charge in [0, 0.05) is 19.3 Å². The van der Waals surface area contributed by atoms with Crippen molar-refractivity contribution in [1.82, 2.24) is 14.6 Å². The average Bonchev–Trinajstić information content (AvgIpc) is 2.80. The Morgan fingerprint density at radius 3 is 2.52 bits per heavy atom. The van der Waals surface area contributed by atoms with Gasteiger partial charge in [0.2, 0.25) is 15.9 Å². The molecule has 0 radical (unpaired) electrons. The zero-order valence-corrected chi connectivity index (χ0v) is 19.5. The predicted octanol–water partition coefficient (Wildman–Crippen LogP) is 3.24. The van der Waals surface area contributed by atoms with E-state index < -0.39 is 10.0 Å². The molecule has 0 unspecified atom stereocenters. The molecular weight excluding hydrogens is 434 g/mol. The molecule has 1 aliphatic heterocycles. The maximum absolute atomic E-state index is 12.8. The van der Waals surface area contributed by atoms with E-state index in [1.807, 2.05) is 37.3 Å². The van der Waals surface area contributed by atoms with E-state index in [0.29, 0.717) is 31.3 Å². The fourth-order valence-electron chi connectivity index (χ4n) is 3.34. The number of thioether (sulfide) groups is 1. The first-order valence-corrected chi connectivity index (χ1v) is 12.8. The molecule has 168 valence electrons. The lowest BCUT2D eigenvalue weighted by molar-refractivity contribution is -0.121. The van der Waals surface area contributed by atoms with E-state index in [1.54, 1.807) is 12.1 Å². The standard InChI is InChI=1S/C22H29N3O4S2/c1-3-7-20(18-8-5-4-6-9-18)24-22(26)17(2)30-21-11-10-19(16-23-21)31(27,28)25-12-14-29-15-13-25/h4-6,8-11,16-17,20H,3,7,12-15H2,1-2H3,(H,24,26)/t17-,20+/m1/s1. The molecule has 1 amide bonds. The van der Waals surface area contributed by atoms with Gasteiger partial charge in [0.25, 0.3) is 0 Å². The van der Waals surface area contributed by atoms with Gasteiger partial charge in [0.1, 0.15) is 4.90 Å². The SMILES string of the molecule is CCC[C@H](NC(=O)[C@@H](C)Sc1ccc(S(=O)(=O)N2CCOCC2)cn1)c1ccccc1. The van der Waals surface area contributed by atoms with E-state index in [2.05, 4.69) is 17.2 Å². The number of ether oxygens (including phenoxy) is 1. The Labute approximate surface area is 188 Å². The van der Waals surface area contributed by atoms with E-state index in [9.17, 15) is 13.2 Å². The monoisotopic (exact) mass is 463 g/mol. The van der Waals surface area contributed by atoms with Gasteiger partial charge in [-0.2, -0.15) is 4.31 Å². The largest absolute Gasteiger partial charge is 0.379 e. The molecule has 0 saturated carbocycles. The van der Waals surface area contributed by atoms with E-state index >= 15 is 0 Å². The van der Waals surface area contributed by atoms with Crippen molar-refractivity contribution in [1.29, 1.82) is 0 Å². The lowest BCUT2D eigenvalue weighted by atomic mass is 10.0. The highest BCUT2D eigenvalue weighted by molar-refractivity contribution is 8.00. The summed E-state index contributed by atoms with van der Waals surface area (Å²) in [7, 11) is -3.57. The van der Waals surface area contributed by atoms with Crippen molar-refractivity contribution < 1.29 is 17.9 Å². The van der Waals surface area contributed by atoms with Crippen LogP contribution in [0.3, 0.4) is 0 Å². The fraction of sp³-hybridized carbons (Fsp3) is 0.455. The van der Waals surface area contributed by atoms with Gasteiger partial charge in [-0.15, -0.1) is 0 Å². The Morgan fingerprint density at radius 2 is 1.90 bits per heavy atom. The van der Waals surface area contributed by atoms with E-state index in [0.717, 1.165) is 18.4 Å². The number of aromatic nitrogens is 1. The number of morpholine rings is 1. The van der Waals surface area contributed by atoms with E-state index in [1.165, 1.54) is 22.3 Å². The van der Waals surface area contributed by atoms with Gasteiger partial charge < -0.3 is 10.1 Å². The lowest BCUT2D eigenvalue weighted by Crippen LogP contribution is -2.40. The van der Waals surface area contributed by atoms with Crippen LogP contribution in [0.15, 0.2) is 58.6 Å². The van der Waals surface area contributed by atoms with Gasteiger partial charge in [0.15, 0.2) is 0 Å². The summed E-state index contributed by atoms with van der Waals surface area (Å²) in [5.74, 6) is -0.0703. The summed E-state index contributed by atoms with van der Waals surface area (Å²) >= 11 is 1.31. The van der Waals surface area contributed by atoms with Crippen LogP contribution in [0.25, 0.3) is 0 Å². The second-order valence-corrected chi connectivity index (χ2v) is 10.7. The molecule has 1 aromatic carbocycles. The van der Waals surface area contributed by atoms with Crippen molar-refractivity contribution in [2.45, 2.75) is 47.9 Å². The van der Waals surface area contributed by atoms with Gasteiger partial charge in [-0.1, -0.05) is 55.4 Å². The van der Waals surface area contributed by atoms with Crippen LogP contribution in [-0.2, 0) is 19.6 Å². The molecule has 31 heavy (non-hydrogen) atoms. The number of carbonyl (C=O) groups excluding carboxylic acids is 1. The van der Waals surface area contributed by atoms with E-state index in [-0.39, 0.29) is 22.1 Å². The first-order valence-electron chi connectivity index (χ1n) is 10.5. The maximum Gasteiger partial charge on any atom is 0.244 e. The molecule has 1 saturated heterocycles. The minimum absolute atomic E-state index is 0.0317. The highest BCUT2D eigenvalue weighted by Crippen LogP contribution is 2.25. The Bertz CT molecular complexity index is 946.